The molecule has 1 aliphatic carbocycles. The molecule has 1 aliphatic rings. The van der Waals surface area contributed by atoms with E-state index in [9.17, 15) is 4.79 Å². The fourth-order valence-corrected chi connectivity index (χ4v) is 2.13. The summed E-state index contributed by atoms with van der Waals surface area (Å²) in [4.78, 5) is 10.1. The Morgan fingerprint density at radius 1 is 1.41 bits per heavy atom. The van der Waals surface area contributed by atoms with E-state index in [1.807, 2.05) is 25.1 Å². The molecule has 1 saturated carbocycles. The van der Waals surface area contributed by atoms with Crippen molar-refractivity contribution >= 4 is 10.7 Å². The van der Waals surface area contributed by atoms with Gasteiger partial charge in [0, 0.05) is 21.1 Å². The van der Waals surface area contributed by atoms with E-state index < -0.39 is 0 Å². The minimum absolute atomic E-state index is 0. The second kappa shape index (κ2) is 12.8. The molecule has 0 atom stereocenters. The molecule has 1 aromatic carbocycles. The fourth-order valence-electron chi connectivity index (χ4n) is 1.47. The van der Waals surface area contributed by atoms with Crippen LogP contribution in [0.5, 0.6) is 0 Å². The van der Waals surface area contributed by atoms with Crippen molar-refractivity contribution in [3.63, 3.8) is 0 Å². The van der Waals surface area contributed by atoms with Crippen molar-refractivity contribution in [2.24, 2.45) is 0 Å². The predicted molar refractivity (Wildman–Crippen MR) is 81.0 cm³/mol. The average Bonchev–Trinajstić information content (AvgIpc) is 2.43. The third-order valence-corrected chi connectivity index (χ3v) is 3.41. The van der Waals surface area contributed by atoms with Gasteiger partial charge in [0.25, 0.3) is 0 Å². The summed E-state index contributed by atoms with van der Waals surface area (Å²) in [5, 5.41) is 0. The van der Waals surface area contributed by atoms with E-state index in [2.05, 4.69) is 17.6 Å². The molecule has 0 saturated heterocycles. The van der Waals surface area contributed by atoms with Crippen LogP contribution >= 0.6 is 0 Å². The number of carbonyl (C=O) groups excluding carboxylic acids is 1. The van der Waals surface area contributed by atoms with Gasteiger partial charge in [-0.15, -0.1) is 12.1 Å². The maximum Gasteiger partial charge on any atom is 0 e. The van der Waals surface area contributed by atoms with Crippen molar-refractivity contribution in [3.05, 3.63) is 66.3 Å². The van der Waals surface area contributed by atoms with Crippen LogP contribution in [0.25, 0.3) is 0 Å². The van der Waals surface area contributed by atoms with E-state index >= 15 is 0 Å². The molecule has 0 spiro atoms. The number of allylic oxidation sites excluding steroid dienone is 3. The summed E-state index contributed by atoms with van der Waals surface area (Å²) in [7, 11) is 0. The largest absolute Gasteiger partial charge is 0.391 e. The van der Waals surface area contributed by atoms with E-state index in [-0.39, 0.29) is 21.1 Å². The van der Waals surface area contributed by atoms with Gasteiger partial charge in [-0.2, -0.15) is 0 Å². The number of ether oxygens (including phenoxy) is 1. The first-order valence-electron chi connectivity index (χ1n) is 6.75. The molecule has 2 nitrogen and oxygen atoms in total. The molecule has 0 aromatic heterocycles. The van der Waals surface area contributed by atoms with Crippen LogP contribution in [0.15, 0.2) is 42.0 Å². The quantitative estimate of drug-likeness (QED) is 0.283. The topological polar surface area (TPSA) is 26.3 Å². The second-order valence-electron chi connectivity index (χ2n) is 4.70. The summed E-state index contributed by atoms with van der Waals surface area (Å²) in [6.45, 7) is 5.65. The van der Waals surface area contributed by atoms with E-state index in [4.69, 9.17) is 4.74 Å². The van der Waals surface area contributed by atoms with Crippen molar-refractivity contribution in [1.82, 2.24) is 0 Å². The third-order valence-electron chi connectivity index (χ3n) is 2.99. The first kappa shape index (κ1) is 21.3. The van der Waals surface area contributed by atoms with Gasteiger partial charge in [-0.05, 0) is 6.29 Å². The molecule has 0 N–H and O–H groups in total. The van der Waals surface area contributed by atoms with Gasteiger partial charge in [0.2, 0.25) is 0 Å². The SMILES string of the molecule is C/C(C=[C-]OC1CCC1)=C/[C-]=[W].[CH2-]c1ccccc1[C-]=O.[W]. The molecule has 4 heteroatoms. The second-order valence-corrected chi connectivity index (χ2v) is 5.55. The van der Waals surface area contributed by atoms with Gasteiger partial charge in [0.05, 0.1) is 0 Å². The summed E-state index contributed by atoms with van der Waals surface area (Å²) >= 11 is 1.35. The Labute approximate surface area is 158 Å². The van der Waals surface area contributed by atoms with Gasteiger partial charge >= 0.3 is 84.8 Å². The minimum atomic E-state index is 0. The monoisotopic (exact) mass is 634 g/mol. The Hall–Kier alpha value is -0.713. The van der Waals surface area contributed by atoms with Crippen LogP contribution in [0.1, 0.15) is 37.3 Å². The summed E-state index contributed by atoms with van der Waals surface area (Å²) in [5.41, 5.74) is 2.41. The molecule has 118 valence electrons. The minimum Gasteiger partial charge on any atom is -0.391 e. The number of benzene rings is 1. The Kier molecular flexibility index (Phi) is 12.4. The predicted octanol–water partition coefficient (Wildman–Crippen LogP) is 3.37. The number of rotatable bonds is 5. The van der Waals surface area contributed by atoms with Crippen LogP contribution in [0.2, 0.25) is 0 Å². The van der Waals surface area contributed by atoms with Crippen molar-refractivity contribution in [1.29, 1.82) is 0 Å². The summed E-state index contributed by atoms with van der Waals surface area (Å²) in [5.74, 6) is 0. The van der Waals surface area contributed by atoms with Crippen molar-refractivity contribution < 1.29 is 50.0 Å². The maximum atomic E-state index is 10.1. The zero-order valence-electron chi connectivity index (χ0n) is 12.5. The van der Waals surface area contributed by atoms with Crippen LogP contribution in [-0.4, -0.2) is 16.8 Å². The molecule has 0 bridgehead atoms. The Bertz CT molecular complexity index is 518. The first-order valence-corrected chi connectivity index (χ1v) is 8.22. The van der Waals surface area contributed by atoms with Crippen LogP contribution in [-0.2, 0) is 50.0 Å². The normalized spacial score (nSPS) is 14.1. The molecule has 0 radical (unpaired) electrons. The molecule has 2 rings (SSSR count). The van der Waals surface area contributed by atoms with Gasteiger partial charge in [-0.3, -0.25) is 18.1 Å². The van der Waals surface area contributed by atoms with Gasteiger partial charge in [-0.25, -0.2) is 12.1 Å². The molecular weight excluding hydrogens is 616 g/mol. The molecular formula is C18H18O2W2-4. The van der Waals surface area contributed by atoms with Crippen molar-refractivity contribution in [3.8, 4) is 0 Å². The van der Waals surface area contributed by atoms with Crippen molar-refractivity contribution in [2.45, 2.75) is 32.3 Å². The summed E-state index contributed by atoms with van der Waals surface area (Å²) < 4.78 is 8.36. The van der Waals surface area contributed by atoms with Crippen LogP contribution < -0.4 is 0 Å². The standard InChI is InChI=1S/C10H12O.C8H6O.2W/c1-3-9(2)7-8-11-10-5-4-6-10;1-7-4-2-3-5-8(7)6-9;;/h3,7,10H,4-6H2,2H3;2-5H,1H2;;/q2*-2;;/b9-3-;;;. The van der Waals surface area contributed by atoms with E-state index in [1.54, 1.807) is 24.5 Å². The number of hydrogen-bond acceptors (Lipinski definition) is 2. The van der Waals surface area contributed by atoms with E-state index in [1.165, 1.54) is 38.6 Å². The van der Waals surface area contributed by atoms with Gasteiger partial charge < -0.3 is 4.79 Å². The van der Waals surface area contributed by atoms with E-state index in [0.29, 0.717) is 11.7 Å². The molecule has 0 heterocycles. The molecule has 1 fully saturated rings. The zero-order chi connectivity index (χ0) is 15.5. The van der Waals surface area contributed by atoms with Crippen molar-refractivity contribution in [2.75, 3.05) is 0 Å². The molecule has 0 amide bonds. The summed E-state index contributed by atoms with van der Waals surface area (Å²) in [6.07, 6.45) is 12.6. The fraction of sp³-hybridized carbons (Fsp3) is 0.278. The third kappa shape index (κ3) is 8.66. The average molecular weight is 634 g/mol. The molecule has 0 unspecified atom stereocenters. The van der Waals surface area contributed by atoms with Crippen LogP contribution in [0.4, 0.5) is 0 Å². The Morgan fingerprint density at radius 2 is 2.09 bits per heavy atom. The van der Waals surface area contributed by atoms with E-state index in [0.717, 1.165) is 11.1 Å². The van der Waals surface area contributed by atoms with Crippen LogP contribution in [0.3, 0.4) is 0 Å². The summed E-state index contributed by atoms with van der Waals surface area (Å²) in [6, 6.07) is 7.09. The smallest absolute Gasteiger partial charge is 0 e. The van der Waals surface area contributed by atoms with Gasteiger partial charge in [0.1, 0.15) is 0 Å². The first-order chi connectivity index (χ1) is 10.2. The Morgan fingerprint density at radius 3 is 2.55 bits per heavy atom. The molecule has 1 aromatic rings. The maximum absolute atomic E-state index is 10.1. The van der Waals surface area contributed by atoms with Gasteiger partial charge in [0.15, 0.2) is 0 Å². The van der Waals surface area contributed by atoms with Crippen LogP contribution in [0, 0.1) is 13.2 Å². The van der Waals surface area contributed by atoms with Gasteiger partial charge in [-0.1, -0.05) is 0 Å². The number of hydrogen-bond donors (Lipinski definition) is 0. The molecule has 22 heavy (non-hydrogen) atoms. The Balaban J connectivity index is 0.000000397. The molecule has 0 aliphatic heterocycles. The zero-order valence-corrected chi connectivity index (χ0v) is 18.4.